The van der Waals surface area contributed by atoms with Crippen molar-refractivity contribution in [3.05, 3.63) is 60.0 Å². The summed E-state index contributed by atoms with van der Waals surface area (Å²) in [5, 5.41) is 0. The van der Waals surface area contributed by atoms with E-state index in [2.05, 4.69) is 31.9 Å². The van der Waals surface area contributed by atoms with E-state index in [9.17, 15) is 8.42 Å². The smallest absolute Gasteiger partial charge is 0.318 e. The molecule has 0 N–H and O–H groups in total. The first-order valence-corrected chi connectivity index (χ1v) is 15.7. The van der Waals surface area contributed by atoms with Crippen molar-refractivity contribution in [1.29, 1.82) is 0 Å². The number of methoxy groups -OCH3 is 1. The molecule has 3 aromatic rings. The highest BCUT2D eigenvalue weighted by Gasteiger charge is 2.44. The van der Waals surface area contributed by atoms with Gasteiger partial charge < -0.3 is 19.3 Å². The molecule has 0 radical (unpaired) electrons. The maximum Gasteiger partial charge on any atom is 0.318 e. The van der Waals surface area contributed by atoms with E-state index < -0.39 is 10.0 Å². The van der Waals surface area contributed by atoms with Crippen LogP contribution in [0, 0.1) is 19.3 Å². The summed E-state index contributed by atoms with van der Waals surface area (Å²) in [5.74, 6) is 1.51. The number of hydrogen-bond donors (Lipinski definition) is 0. The number of rotatable bonds is 10. The van der Waals surface area contributed by atoms with Crippen LogP contribution in [0.4, 0.5) is 11.5 Å². The van der Waals surface area contributed by atoms with Gasteiger partial charge in [-0.3, -0.25) is 4.98 Å². The fourth-order valence-electron chi connectivity index (χ4n) is 6.39. The Morgan fingerprint density at radius 1 is 1.00 bits per heavy atom. The van der Waals surface area contributed by atoms with Crippen LogP contribution < -0.4 is 19.3 Å². The van der Waals surface area contributed by atoms with Gasteiger partial charge in [0, 0.05) is 68.5 Å². The number of ether oxygens (including phenoxy) is 2. The maximum atomic E-state index is 13.7. The van der Waals surface area contributed by atoms with Crippen molar-refractivity contribution in [3.8, 4) is 11.8 Å². The SMILES string of the molecule is COc1cc(C)c(S(=O)(=O)N(CCOc2nccc(N3CCC4(CCN(c5ccncc5)C4)C3)n2)C2CC2)c(C)c1. The molecule has 0 bridgehead atoms. The zero-order valence-electron chi connectivity index (χ0n) is 24.0. The first-order chi connectivity index (χ1) is 19.8. The molecule has 3 fully saturated rings. The van der Waals surface area contributed by atoms with Crippen molar-refractivity contribution in [3.63, 3.8) is 0 Å². The molecule has 1 aromatic carbocycles. The van der Waals surface area contributed by atoms with E-state index in [0.717, 1.165) is 57.7 Å². The molecule has 41 heavy (non-hydrogen) atoms. The standard InChI is InChI=1S/C30H38N6O4S/c1-22-18-26(39-3)19-23(2)28(22)41(37,38)36(25-4-5-25)16-17-40-29-32-13-8-27(33-29)35-15-10-30(21-35)9-14-34(20-30)24-6-11-31-12-7-24/h6-8,11-13,18-19,25H,4-5,9-10,14-17,20-21H2,1-3H3. The van der Waals surface area contributed by atoms with Gasteiger partial charge in [0.2, 0.25) is 10.0 Å². The Labute approximate surface area is 242 Å². The molecule has 218 valence electrons. The Bertz CT molecular complexity index is 1480. The second kappa shape index (κ2) is 11.1. The van der Waals surface area contributed by atoms with E-state index in [0.29, 0.717) is 21.8 Å². The van der Waals surface area contributed by atoms with Crippen LogP contribution in [0.2, 0.25) is 0 Å². The van der Waals surface area contributed by atoms with E-state index in [1.165, 1.54) is 5.69 Å². The van der Waals surface area contributed by atoms with Gasteiger partial charge in [-0.1, -0.05) is 0 Å². The first-order valence-electron chi connectivity index (χ1n) is 14.3. The van der Waals surface area contributed by atoms with Gasteiger partial charge in [-0.15, -0.1) is 0 Å². The van der Waals surface area contributed by atoms with Crippen molar-refractivity contribution >= 4 is 21.5 Å². The van der Waals surface area contributed by atoms with Crippen LogP contribution in [0.3, 0.4) is 0 Å². The van der Waals surface area contributed by atoms with E-state index in [-0.39, 0.29) is 30.6 Å². The van der Waals surface area contributed by atoms with Crippen LogP contribution in [0.25, 0.3) is 0 Å². The molecule has 3 aliphatic rings. The van der Waals surface area contributed by atoms with Crippen LogP contribution in [0.15, 0.2) is 53.8 Å². The molecule has 1 atom stereocenters. The fraction of sp³-hybridized carbons (Fsp3) is 0.500. The summed E-state index contributed by atoms with van der Waals surface area (Å²) in [7, 11) is -2.11. The van der Waals surface area contributed by atoms with E-state index >= 15 is 0 Å². The third-order valence-electron chi connectivity index (χ3n) is 8.58. The van der Waals surface area contributed by atoms with Gasteiger partial charge in [-0.05, 0) is 81.0 Å². The number of benzene rings is 1. The van der Waals surface area contributed by atoms with E-state index in [4.69, 9.17) is 14.5 Å². The van der Waals surface area contributed by atoms with Crippen LogP contribution in [-0.2, 0) is 10.0 Å². The molecule has 0 amide bonds. The molecular weight excluding hydrogens is 540 g/mol. The van der Waals surface area contributed by atoms with Crippen molar-refractivity contribution in [2.45, 2.75) is 50.5 Å². The number of aromatic nitrogens is 3. The lowest BCUT2D eigenvalue weighted by Gasteiger charge is -2.26. The van der Waals surface area contributed by atoms with Gasteiger partial charge in [0.1, 0.15) is 18.2 Å². The van der Waals surface area contributed by atoms with Crippen LogP contribution in [0.5, 0.6) is 11.8 Å². The minimum atomic E-state index is -3.70. The molecule has 2 aromatic heterocycles. The zero-order valence-corrected chi connectivity index (χ0v) is 24.8. The summed E-state index contributed by atoms with van der Waals surface area (Å²) >= 11 is 0. The zero-order chi connectivity index (χ0) is 28.6. The Morgan fingerprint density at radius 2 is 1.68 bits per heavy atom. The summed E-state index contributed by atoms with van der Waals surface area (Å²) in [6, 6.07) is 9.90. The largest absolute Gasteiger partial charge is 0.497 e. The van der Waals surface area contributed by atoms with Gasteiger partial charge in [-0.25, -0.2) is 13.4 Å². The van der Waals surface area contributed by atoms with Crippen LogP contribution >= 0.6 is 0 Å². The number of hydrogen-bond acceptors (Lipinski definition) is 9. The van der Waals surface area contributed by atoms with Crippen molar-refractivity contribution in [2.75, 3.05) is 56.2 Å². The molecule has 1 aliphatic carbocycles. The monoisotopic (exact) mass is 578 g/mol. The lowest BCUT2D eigenvalue weighted by Crippen LogP contribution is -2.37. The number of aryl methyl sites for hydroxylation is 2. The number of pyridine rings is 1. The second-order valence-corrected chi connectivity index (χ2v) is 13.4. The minimum Gasteiger partial charge on any atom is -0.497 e. The van der Waals surface area contributed by atoms with Crippen LogP contribution in [0.1, 0.15) is 36.8 Å². The van der Waals surface area contributed by atoms with Crippen molar-refractivity contribution in [2.24, 2.45) is 5.41 Å². The van der Waals surface area contributed by atoms with Crippen LogP contribution in [-0.4, -0.2) is 80.2 Å². The fourth-order valence-corrected chi connectivity index (χ4v) is 8.48. The first kappa shape index (κ1) is 27.7. The normalized spacial score (nSPS) is 20.8. The predicted molar refractivity (Wildman–Crippen MR) is 157 cm³/mol. The molecule has 11 heteroatoms. The molecule has 2 saturated heterocycles. The Kier molecular flexibility index (Phi) is 7.50. The van der Waals surface area contributed by atoms with E-state index in [1.807, 2.05) is 32.3 Å². The Hall–Kier alpha value is -3.44. The van der Waals surface area contributed by atoms with Crippen molar-refractivity contribution in [1.82, 2.24) is 19.3 Å². The average molecular weight is 579 g/mol. The predicted octanol–water partition coefficient (Wildman–Crippen LogP) is 3.84. The molecular formula is C30H38N6O4S. The number of anilines is 2. The third kappa shape index (κ3) is 5.70. The summed E-state index contributed by atoms with van der Waals surface area (Å²) in [6.07, 6.45) is 9.41. The molecule has 10 nitrogen and oxygen atoms in total. The summed E-state index contributed by atoms with van der Waals surface area (Å²) in [5.41, 5.74) is 2.83. The van der Waals surface area contributed by atoms with Crippen molar-refractivity contribution < 1.29 is 17.9 Å². The summed E-state index contributed by atoms with van der Waals surface area (Å²) in [6.45, 7) is 8.00. The highest BCUT2D eigenvalue weighted by Crippen LogP contribution is 2.42. The van der Waals surface area contributed by atoms with Gasteiger partial charge in [0.05, 0.1) is 12.0 Å². The third-order valence-corrected chi connectivity index (χ3v) is 10.8. The summed E-state index contributed by atoms with van der Waals surface area (Å²) in [4.78, 5) is 18.3. The Morgan fingerprint density at radius 3 is 2.37 bits per heavy atom. The number of nitrogens with zero attached hydrogens (tertiary/aromatic N) is 6. The molecule has 1 saturated carbocycles. The van der Waals surface area contributed by atoms with Gasteiger partial charge in [0.15, 0.2) is 0 Å². The topological polar surface area (TPSA) is 101 Å². The average Bonchev–Trinajstić information content (AvgIpc) is 3.58. The highest BCUT2D eigenvalue weighted by atomic mass is 32.2. The summed E-state index contributed by atoms with van der Waals surface area (Å²) < 4.78 is 40.3. The second-order valence-electron chi connectivity index (χ2n) is 11.5. The van der Waals surface area contributed by atoms with Gasteiger partial charge in [0.25, 0.3) is 0 Å². The minimum absolute atomic E-state index is 0.00401. The molecule has 6 rings (SSSR count). The Balaban J connectivity index is 1.09. The van der Waals surface area contributed by atoms with Gasteiger partial charge >= 0.3 is 6.01 Å². The quantitative estimate of drug-likeness (QED) is 0.355. The number of sulfonamides is 1. The highest BCUT2D eigenvalue weighted by molar-refractivity contribution is 7.89. The maximum absolute atomic E-state index is 13.7. The molecule has 1 spiro atoms. The lowest BCUT2D eigenvalue weighted by atomic mass is 9.86. The molecule has 1 unspecified atom stereocenters. The van der Waals surface area contributed by atoms with Gasteiger partial charge in [-0.2, -0.15) is 9.29 Å². The molecule has 2 aliphatic heterocycles. The lowest BCUT2D eigenvalue weighted by molar-refractivity contribution is 0.252. The molecule has 4 heterocycles. The van der Waals surface area contributed by atoms with E-state index in [1.54, 1.807) is 29.7 Å².